The molecule has 8 heteroatoms. The average Bonchev–Trinajstić information content (AvgIpc) is 3.24. The van der Waals surface area contributed by atoms with E-state index in [0.29, 0.717) is 16.9 Å². The second kappa shape index (κ2) is 8.92. The maximum Gasteiger partial charge on any atom is 0.319 e. The van der Waals surface area contributed by atoms with Crippen LogP contribution >= 0.6 is 0 Å². The summed E-state index contributed by atoms with van der Waals surface area (Å²) in [6.45, 7) is 1.74. The van der Waals surface area contributed by atoms with Gasteiger partial charge in [-0.05, 0) is 61.0 Å². The summed E-state index contributed by atoms with van der Waals surface area (Å²) in [4.78, 5) is 24.1. The standard InChI is InChI=1S/C21H20FN3O4/c1-13(14-5-10-18(28-2)17(22)12-14)23-21(27)25-16-8-6-15(7-9-16)24-20(26)19-4-3-11-29-19/h3-13H,1-2H3,(H,24,26)(H2,23,25,27). The predicted octanol–water partition coefficient (Wildman–Crippen LogP) is 4.56. The van der Waals surface area contributed by atoms with Crippen LogP contribution < -0.4 is 20.7 Å². The van der Waals surface area contributed by atoms with Crippen LogP contribution in [0.5, 0.6) is 5.75 Å². The van der Waals surface area contributed by atoms with E-state index in [-0.39, 0.29) is 17.4 Å². The number of ether oxygens (including phenoxy) is 1. The Labute approximate surface area is 166 Å². The Morgan fingerprint density at radius 1 is 1.03 bits per heavy atom. The fraction of sp³-hybridized carbons (Fsp3) is 0.143. The number of nitrogens with one attached hydrogen (secondary N) is 3. The zero-order chi connectivity index (χ0) is 20.8. The van der Waals surface area contributed by atoms with E-state index in [2.05, 4.69) is 16.0 Å². The van der Waals surface area contributed by atoms with E-state index in [9.17, 15) is 14.0 Å². The first-order valence-electron chi connectivity index (χ1n) is 8.82. The molecular weight excluding hydrogens is 377 g/mol. The van der Waals surface area contributed by atoms with Crippen molar-refractivity contribution in [1.82, 2.24) is 5.32 Å². The van der Waals surface area contributed by atoms with Gasteiger partial charge in [0.1, 0.15) is 0 Å². The first kappa shape index (κ1) is 19.9. The number of carbonyl (C=O) groups is 2. The first-order valence-corrected chi connectivity index (χ1v) is 8.82. The van der Waals surface area contributed by atoms with Crippen LogP contribution in [-0.4, -0.2) is 19.0 Å². The minimum atomic E-state index is -0.494. The Morgan fingerprint density at radius 2 is 1.72 bits per heavy atom. The molecule has 0 aliphatic rings. The molecule has 1 unspecified atom stereocenters. The lowest BCUT2D eigenvalue weighted by Crippen LogP contribution is -2.31. The molecule has 0 saturated heterocycles. The van der Waals surface area contributed by atoms with E-state index in [1.807, 2.05) is 0 Å². The molecule has 0 saturated carbocycles. The average molecular weight is 397 g/mol. The SMILES string of the molecule is COc1ccc(C(C)NC(=O)Nc2ccc(NC(=O)c3ccco3)cc2)cc1F. The largest absolute Gasteiger partial charge is 0.494 e. The van der Waals surface area contributed by atoms with Gasteiger partial charge in [-0.2, -0.15) is 0 Å². The van der Waals surface area contributed by atoms with Crippen LogP contribution in [-0.2, 0) is 0 Å². The van der Waals surface area contributed by atoms with Gasteiger partial charge in [0.05, 0.1) is 19.4 Å². The molecule has 3 N–H and O–H groups in total. The number of methoxy groups -OCH3 is 1. The molecule has 1 aromatic heterocycles. The van der Waals surface area contributed by atoms with Crippen LogP contribution in [0.25, 0.3) is 0 Å². The van der Waals surface area contributed by atoms with Crippen molar-refractivity contribution in [3.8, 4) is 5.75 Å². The fourth-order valence-corrected chi connectivity index (χ4v) is 2.64. The molecule has 0 radical (unpaired) electrons. The van der Waals surface area contributed by atoms with Crippen LogP contribution in [0.15, 0.2) is 65.3 Å². The maximum atomic E-state index is 13.8. The summed E-state index contributed by atoms with van der Waals surface area (Å²) in [5.41, 5.74) is 1.69. The van der Waals surface area contributed by atoms with Gasteiger partial charge in [0.25, 0.3) is 5.91 Å². The van der Waals surface area contributed by atoms with E-state index < -0.39 is 17.9 Å². The summed E-state index contributed by atoms with van der Waals surface area (Å²) in [5.74, 6) is -0.514. The summed E-state index contributed by atoms with van der Waals surface area (Å²) >= 11 is 0. The Kier molecular flexibility index (Phi) is 6.13. The lowest BCUT2D eigenvalue weighted by molar-refractivity contribution is 0.0996. The highest BCUT2D eigenvalue weighted by molar-refractivity contribution is 6.02. The zero-order valence-electron chi connectivity index (χ0n) is 15.9. The van der Waals surface area contributed by atoms with E-state index >= 15 is 0 Å². The molecule has 0 bridgehead atoms. The molecule has 150 valence electrons. The van der Waals surface area contributed by atoms with Crippen LogP contribution in [0, 0.1) is 5.82 Å². The van der Waals surface area contributed by atoms with Crippen LogP contribution in [0.1, 0.15) is 29.1 Å². The number of halogens is 1. The van der Waals surface area contributed by atoms with Gasteiger partial charge in [0.2, 0.25) is 0 Å². The number of anilines is 2. The second-order valence-corrected chi connectivity index (χ2v) is 6.22. The minimum absolute atomic E-state index is 0.143. The first-order chi connectivity index (χ1) is 14.0. The number of carbonyl (C=O) groups excluding carboxylic acids is 2. The third-order valence-electron chi connectivity index (χ3n) is 4.17. The van der Waals surface area contributed by atoms with Gasteiger partial charge < -0.3 is 25.1 Å². The van der Waals surface area contributed by atoms with Crippen molar-refractivity contribution in [1.29, 1.82) is 0 Å². The monoisotopic (exact) mass is 397 g/mol. The number of amides is 3. The van der Waals surface area contributed by atoms with Crippen molar-refractivity contribution in [3.05, 3.63) is 78.0 Å². The number of hydrogen-bond donors (Lipinski definition) is 3. The fourth-order valence-electron chi connectivity index (χ4n) is 2.64. The molecule has 0 aliphatic carbocycles. The van der Waals surface area contributed by atoms with E-state index in [4.69, 9.17) is 9.15 Å². The van der Waals surface area contributed by atoms with Crippen molar-refractivity contribution in [2.75, 3.05) is 17.7 Å². The number of hydrogen-bond acceptors (Lipinski definition) is 4. The molecule has 0 spiro atoms. The van der Waals surface area contributed by atoms with Gasteiger partial charge in [-0.25, -0.2) is 9.18 Å². The molecule has 29 heavy (non-hydrogen) atoms. The molecule has 1 heterocycles. The van der Waals surface area contributed by atoms with Gasteiger partial charge in [0.15, 0.2) is 17.3 Å². The molecule has 0 fully saturated rings. The highest BCUT2D eigenvalue weighted by Gasteiger charge is 2.13. The minimum Gasteiger partial charge on any atom is -0.494 e. The maximum absolute atomic E-state index is 13.8. The van der Waals surface area contributed by atoms with E-state index in [1.54, 1.807) is 49.4 Å². The zero-order valence-corrected chi connectivity index (χ0v) is 15.9. The van der Waals surface area contributed by atoms with Crippen LogP contribution in [0.2, 0.25) is 0 Å². The third-order valence-corrected chi connectivity index (χ3v) is 4.17. The Balaban J connectivity index is 1.55. The highest BCUT2D eigenvalue weighted by Crippen LogP contribution is 2.22. The highest BCUT2D eigenvalue weighted by atomic mass is 19.1. The van der Waals surface area contributed by atoms with Gasteiger partial charge in [0, 0.05) is 11.4 Å². The Bertz CT molecular complexity index is 988. The number of benzene rings is 2. The molecule has 0 aliphatic heterocycles. The van der Waals surface area contributed by atoms with Crippen LogP contribution in [0.3, 0.4) is 0 Å². The summed E-state index contributed by atoms with van der Waals surface area (Å²) in [7, 11) is 1.39. The predicted molar refractivity (Wildman–Crippen MR) is 107 cm³/mol. The molecule has 3 amide bonds. The summed E-state index contributed by atoms with van der Waals surface area (Å²) < 4.78 is 23.7. The van der Waals surface area contributed by atoms with Crippen molar-refractivity contribution >= 4 is 23.3 Å². The van der Waals surface area contributed by atoms with E-state index in [1.165, 1.54) is 25.5 Å². The number of urea groups is 1. The van der Waals surface area contributed by atoms with E-state index in [0.717, 1.165) is 0 Å². The van der Waals surface area contributed by atoms with Gasteiger partial charge in [-0.3, -0.25) is 4.79 Å². The summed E-state index contributed by atoms with van der Waals surface area (Å²) in [6.07, 6.45) is 1.42. The topological polar surface area (TPSA) is 92.6 Å². The molecular formula is C21H20FN3O4. The molecule has 2 aromatic carbocycles. The second-order valence-electron chi connectivity index (χ2n) is 6.22. The third kappa shape index (κ3) is 5.13. The number of furan rings is 1. The molecule has 7 nitrogen and oxygen atoms in total. The quantitative estimate of drug-likeness (QED) is 0.568. The smallest absolute Gasteiger partial charge is 0.319 e. The van der Waals surface area contributed by atoms with Crippen molar-refractivity contribution in [3.63, 3.8) is 0 Å². The lowest BCUT2D eigenvalue weighted by atomic mass is 10.1. The summed E-state index contributed by atoms with van der Waals surface area (Å²) in [5, 5.41) is 8.11. The molecule has 3 rings (SSSR count). The molecule has 1 atom stereocenters. The Hall–Kier alpha value is -3.81. The van der Waals surface area contributed by atoms with Crippen LogP contribution in [0.4, 0.5) is 20.6 Å². The summed E-state index contributed by atoms with van der Waals surface area (Å²) in [6, 6.07) is 13.4. The normalized spacial score (nSPS) is 11.4. The Morgan fingerprint density at radius 3 is 2.31 bits per heavy atom. The van der Waals surface area contributed by atoms with Gasteiger partial charge in [-0.15, -0.1) is 0 Å². The van der Waals surface area contributed by atoms with Crippen molar-refractivity contribution in [2.45, 2.75) is 13.0 Å². The van der Waals surface area contributed by atoms with Gasteiger partial charge >= 0.3 is 6.03 Å². The number of rotatable bonds is 6. The molecule has 3 aromatic rings. The van der Waals surface area contributed by atoms with Crippen molar-refractivity contribution in [2.24, 2.45) is 0 Å². The lowest BCUT2D eigenvalue weighted by Gasteiger charge is -2.16. The van der Waals surface area contributed by atoms with Gasteiger partial charge in [-0.1, -0.05) is 6.07 Å². The van der Waals surface area contributed by atoms with Crippen molar-refractivity contribution < 1.29 is 23.1 Å².